The Balaban J connectivity index is 1.96. The number of rotatable bonds is 5. The number of hydrogen-bond acceptors (Lipinski definition) is 6. The zero-order valence-corrected chi connectivity index (χ0v) is 17.4. The molecule has 0 unspecified atom stereocenters. The predicted octanol–water partition coefficient (Wildman–Crippen LogP) is 3.97. The fraction of sp³-hybridized carbons (Fsp3) is 0.609. The van der Waals surface area contributed by atoms with Gasteiger partial charge in [0.1, 0.15) is 6.10 Å². The highest BCUT2D eigenvalue weighted by Gasteiger charge is 2.54. The molecule has 158 valence electrons. The van der Waals surface area contributed by atoms with Gasteiger partial charge in [-0.15, -0.1) is 5.73 Å². The summed E-state index contributed by atoms with van der Waals surface area (Å²) in [4.78, 5) is 23.4. The first kappa shape index (κ1) is 21.4. The van der Waals surface area contributed by atoms with Gasteiger partial charge in [-0.2, -0.15) is 0 Å². The van der Waals surface area contributed by atoms with Crippen LogP contribution in [0.15, 0.2) is 42.4 Å². The quantitative estimate of drug-likeness (QED) is 0.300. The van der Waals surface area contributed by atoms with Gasteiger partial charge in [0.25, 0.3) is 0 Å². The lowest BCUT2D eigenvalue weighted by Crippen LogP contribution is -2.41. The van der Waals surface area contributed by atoms with E-state index >= 15 is 0 Å². The zero-order chi connectivity index (χ0) is 21.2. The van der Waals surface area contributed by atoms with Gasteiger partial charge in [0.15, 0.2) is 0 Å². The minimum Gasteiger partial charge on any atom is -0.462 e. The van der Waals surface area contributed by atoms with Crippen LogP contribution in [0.25, 0.3) is 0 Å². The van der Waals surface area contributed by atoms with Crippen molar-refractivity contribution >= 4 is 11.9 Å². The molecule has 0 aromatic rings. The lowest BCUT2D eigenvalue weighted by Gasteiger charge is -2.40. The predicted molar refractivity (Wildman–Crippen MR) is 106 cm³/mol. The average Bonchev–Trinajstić information content (AvgIpc) is 3.29. The van der Waals surface area contributed by atoms with Crippen molar-refractivity contribution in [2.75, 3.05) is 0 Å². The molecular formula is C23H30O6. The Kier molecular flexibility index (Phi) is 6.35. The first-order valence-electron chi connectivity index (χ1n) is 10.1. The van der Waals surface area contributed by atoms with Crippen molar-refractivity contribution < 1.29 is 28.5 Å². The lowest BCUT2D eigenvalue weighted by molar-refractivity contribution is -0.181. The van der Waals surface area contributed by atoms with E-state index < -0.39 is 18.4 Å². The number of carbonyl (C=O) groups excluding carboxylic acids is 2. The number of fused-ring (bicyclic) bond motifs is 2. The number of epoxide rings is 1. The average molecular weight is 402 g/mol. The van der Waals surface area contributed by atoms with Crippen molar-refractivity contribution in [1.82, 2.24) is 0 Å². The third-order valence-corrected chi connectivity index (χ3v) is 6.12. The smallest absolute Gasteiger partial charge is 0.305 e. The Morgan fingerprint density at radius 1 is 1.38 bits per heavy atom. The molecule has 3 rings (SSSR count). The Hall–Kier alpha value is -2.30. The van der Waals surface area contributed by atoms with Crippen LogP contribution in [0.1, 0.15) is 52.9 Å². The molecule has 0 aromatic carbocycles. The highest BCUT2D eigenvalue weighted by Crippen LogP contribution is 2.50. The standard InChI is InChI=1S/C23H30O6/c1-6-7-8-19(27-15(3)24)18-13-26-22(28-16(4)25)21-14(2)9-10-20-23(5,29-20)12-11-17(18)21/h7,13,17,19-22H,1-2,8-12H2,3-5H3/t17-,19+,20+,21+,22-,23+/m1/s1. The molecule has 6 nitrogen and oxygen atoms in total. The molecule has 1 saturated heterocycles. The monoisotopic (exact) mass is 402 g/mol. The molecule has 0 aromatic heterocycles. The molecular weight excluding hydrogens is 372 g/mol. The third kappa shape index (κ3) is 4.82. The van der Waals surface area contributed by atoms with Crippen LogP contribution < -0.4 is 0 Å². The van der Waals surface area contributed by atoms with E-state index in [-0.39, 0.29) is 29.5 Å². The summed E-state index contributed by atoms with van der Waals surface area (Å²) in [7, 11) is 0. The number of esters is 2. The maximum Gasteiger partial charge on any atom is 0.305 e. The largest absolute Gasteiger partial charge is 0.462 e. The molecule has 1 saturated carbocycles. The Labute approximate surface area is 172 Å². The minimum absolute atomic E-state index is 0.0389. The van der Waals surface area contributed by atoms with Gasteiger partial charge in [-0.05, 0) is 38.7 Å². The summed E-state index contributed by atoms with van der Waals surface area (Å²) in [5.41, 5.74) is 4.44. The van der Waals surface area contributed by atoms with Gasteiger partial charge < -0.3 is 18.9 Å². The summed E-state index contributed by atoms with van der Waals surface area (Å²) in [5.74, 6) is -1.01. The molecule has 2 fully saturated rings. The van der Waals surface area contributed by atoms with Crippen molar-refractivity contribution in [2.24, 2.45) is 11.8 Å². The van der Waals surface area contributed by atoms with Crippen LogP contribution in [-0.4, -0.2) is 36.0 Å². The zero-order valence-electron chi connectivity index (χ0n) is 17.4. The normalized spacial score (nSPS) is 34.3. The lowest BCUT2D eigenvalue weighted by atomic mass is 9.74. The SMILES string of the molecule is C=C=CC[C@H](OC(C)=O)C1=CO[C@H](OC(C)=O)[C@H]2C(=C)CC[C@@H]3O[C@@]3(C)CC[C@H]12. The van der Waals surface area contributed by atoms with Crippen molar-refractivity contribution in [3.63, 3.8) is 0 Å². The summed E-state index contributed by atoms with van der Waals surface area (Å²) in [6.07, 6.45) is 6.09. The fourth-order valence-electron chi connectivity index (χ4n) is 4.56. The summed E-state index contributed by atoms with van der Waals surface area (Å²) in [6, 6.07) is 0. The van der Waals surface area contributed by atoms with Gasteiger partial charge >= 0.3 is 11.9 Å². The van der Waals surface area contributed by atoms with Gasteiger partial charge in [-0.25, -0.2) is 0 Å². The highest BCUT2D eigenvalue weighted by molar-refractivity contribution is 5.67. The number of ether oxygens (including phenoxy) is 4. The van der Waals surface area contributed by atoms with Crippen LogP contribution in [0, 0.1) is 11.8 Å². The Bertz CT molecular complexity index is 757. The Morgan fingerprint density at radius 3 is 2.79 bits per heavy atom. The molecule has 6 atom stereocenters. The van der Waals surface area contributed by atoms with Crippen LogP contribution >= 0.6 is 0 Å². The van der Waals surface area contributed by atoms with Gasteiger partial charge in [-0.3, -0.25) is 9.59 Å². The maximum absolute atomic E-state index is 11.7. The first-order valence-corrected chi connectivity index (χ1v) is 10.1. The number of carbonyl (C=O) groups is 2. The molecule has 0 amide bonds. The van der Waals surface area contributed by atoms with Crippen LogP contribution in [0.3, 0.4) is 0 Å². The molecule has 0 radical (unpaired) electrons. The second-order valence-electron chi connectivity index (χ2n) is 8.26. The van der Waals surface area contributed by atoms with E-state index in [1.807, 2.05) is 0 Å². The maximum atomic E-state index is 11.7. The van der Waals surface area contributed by atoms with Crippen LogP contribution in [0.5, 0.6) is 0 Å². The van der Waals surface area contributed by atoms with Crippen molar-refractivity contribution in [3.8, 4) is 0 Å². The second-order valence-corrected chi connectivity index (χ2v) is 8.26. The molecule has 6 heteroatoms. The fourth-order valence-corrected chi connectivity index (χ4v) is 4.56. The van der Waals surface area contributed by atoms with Gasteiger partial charge in [0.05, 0.1) is 23.9 Å². The van der Waals surface area contributed by atoms with Crippen LogP contribution in [-0.2, 0) is 28.5 Å². The van der Waals surface area contributed by atoms with E-state index in [1.54, 1.807) is 12.3 Å². The van der Waals surface area contributed by atoms with Gasteiger partial charge in [0, 0.05) is 31.8 Å². The van der Waals surface area contributed by atoms with Crippen molar-refractivity contribution in [2.45, 2.75) is 77.0 Å². The van der Waals surface area contributed by atoms with E-state index in [4.69, 9.17) is 18.9 Å². The van der Waals surface area contributed by atoms with Crippen LogP contribution in [0.4, 0.5) is 0 Å². The van der Waals surface area contributed by atoms with Gasteiger partial charge in [0.2, 0.25) is 6.29 Å². The number of hydrogen-bond donors (Lipinski definition) is 0. The van der Waals surface area contributed by atoms with Crippen molar-refractivity contribution in [3.05, 3.63) is 42.4 Å². The van der Waals surface area contributed by atoms with E-state index in [0.717, 1.165) is 36.8 Å². The topological polar surface area (TPSA) is 74.4 Å². The molecule has 0 bridgehead atoms. The van der Waals surface area contributed by atoms with E-state index in [0.29, 0.717) is 6.42 Å². The molecule has 0 N–H and O–H groups in total. The molecule has 2 aliphatic heterocycles. The molecule has 2 heterocycles. The molecule has 1 aliphatic carbocycles. The second kappa shape index (κ2) is 8.60. The summed E-state index contributed by atoms with van der Waals surface area (Å²) < 4.78 is 22.9. The Morgan fingerprint density at radius 2 is 2.14 bits per heavy atom. The summed E-state index contributed by atoms with van der Waals surface area (Å²) in [6.45, 7) is 12.8. The van der Waals surface area contributed by atoms with Crippen molar-refractivity contribution in [1.29, 1.82) is 0 Å². The molecule has 0 spiro atoms. The van der Waals surface area contributed by atoms with E-state index in [1.165, 1.54) is 13.8 Å². The van der Waals surface area contributed by atoms with E-state index in [2.05, 4.69) is 25.8 Å². The molecule has 29 heavy (non-hydrogen) atoms. The first-order chi connectivity index (χ1) is 13.7. The third-order valence-electron chi connectivity index (χ3n) is 6.12. The minimum atomic E-state index is -0.732. The molecule has 3 aliphatic rings. The van der Waals surface area contributed by atoms with Gasteiger partial charge in [-0.1, -0.05) is 18.7 Å². The highest BCUT2D eigenvalue weighted by atomic mass is 16.7. The van der Waals surface area contributed by atoms with Crippen LogP contribution in [0.2, 0.25) is 0 Å². The van der Waals surface area contributed by atoms with E-state index in [9.17, 15) is 9.59 Å². The summed E-state index contributed by atoms with van der Waals surface area (Å²) >= 11 is 0. The summed E-state index contributed by atoms with van der Waals surface area (Å²) in [5, 5.41) is 0.